The maximum atomic E-state index is 3.49. The van der Waals surface area contributed by atoms with Gasteiger partial charge >= 0.3 is 0 Å². The van der Waals surface area contributed by atoms with E-state index in [1.807, 2.05) is 6.92 Å². The molecular formula is C3H7U5-. The van der Waals surface area contributed by atoms with E-state index in [1.54, 1.807) is 0 Å². The van der Waals surface area contributed by atoms with Gasteiger partial charge < -0.3 is 6.92 Å². The Bertz CT molecular complexity index is 7.64. The molecule has 0 heterocycles. The van der Waals surface area contributed by atoms with Crippen molar-refractivity contribution >= 4 is 0 Å². The van der Waals surface area contributed by atoms with Crippen molar-refractivity contribution < 1.29 is 156 Å². The Kier molecular flexibility index (Phi) is 187. The maximum absolute atomic E-state index is 3.49. The second-order valence-electron chi connectivity index (χ2n) is 0.500. The third-order valence-electron chi connectivity index (χ3n) is 0. The van der Waals surface area contributed by atoms with Crippen LogP contribution in [-0.2, 0) is 0 Å². The van der Waals surface area contributed by atoms with Gasteiger partial charge in [-0.05, 0) is 0 Å². The van der Waals surface area contributed by atoms with E-state index in [0.717, 1.165) is 6.42 Å². The van der Waals surface area contributed by atoms with Crippen molar-refractivity contribution in [2.45, 2.75) is 13.3 Å². The molecule has 0 aliphatic rings. The minimum Gasteiger partial charge on any atom is -0.344 e. The molecule has 5 heteroatoms. The molecule has 0 saturated carbocycles. The van der Waals surface area contributed by atoms with Crippen molar-refractivity contribution in [1.29, 1.82) is 0 Å². The Morgan fingerprint density at radius 1 is 0.875 bits per heavy atom. The van der Waals surface area contributed by atoms with Gasteiger partial charge in [0.2, 0.25) is 0 Å². The van der Waals surface area contributed by atoms with Gasteiger partial charge in [-0.25, -0.2) is 0 Å². The van der Waals surface area contributed by atoms with E-state index in [0.29, 0.717) is 0 Å². The van der Waals surface area contributed by atoms with Gasteiger partial charge in [0.1, 0.15) is 0 Å². The number of hydrogen-bond acceptors (Lipinski definition) is 0. The molecule has 8 heavy (non-hydrogen) atoms. The first-order chi connectivity index (χ1) is 1.41. The van der Waals surface area contributed by atoms with E-state index >= 15 is 0 Å². The van der Waals surface area contributed by atoms with Crippen LogP contribution >= 0.6 is 0 Å². The zero-order valence-corrected chi connectivity index (χ0v) is 25.7. The minimum atomic E-state index is 0. The van der Waals surface area contributed by atoms with Crippen molar-refractivity contribution in [2.24, 2.45) is 0 Å². The van der Waals surface area contributed by atoms with Gasteiger partial charge in [-0.3, -0.25) is 0 Å². The SMILES string of the molecule is [CH2-]CC.[U].[U].[U].[U].[U]. The standard InChI is InChI=1S/C3H7.5U/c1-3-2;;;;;/h1,3H2,2H3;;;;;/q-1;;;;;. The molecular weight excluding hydrogens is 1230 g/mol. The van der Waals surface area contributed by atoms with Crippen LogP contribution in [0.25, 0.3) is 0 Å². The zero-order chi connectivity index (χ0) is 2.71. The summed E-state index contributed by atoms with van der Waals surface area (Å²) in [6.45, 7) is 5.50. The summed E-state index contributed by atoms with van der Waals surface area (Å²) in [6, 6.07) is 0. The Hall–Kier alpha value is 5.26. The molecule has 0 spiro atoms. The Balaban J connectivity index is -0.00000000200. The second kappa shape index (κ2) is 39.7. The molecule has 0 rings (SSSR count). The quantitative estimate of drug-likeness (QED) is 0.321. The molecule has 0 atom stereocenters. The van der Waals surface area contributed by atoms with Crippen LogP contribution in [0.2, 0.25) is 0 Å². The summed E-state index contributed by atoms with van der Waals surface area (Å²) in [5, 5.41) is 0. The van der Waals surface area contributed by atoms with Gasteiger partial charge in [0.25, 0.3) is 0 Å². The van der Waals surface area contributed by atoms with Crippen molar-refractivity contribution in [3.63, 3.8) is 0 Å². The Morgan fingerprint density at radius 2 is 0.875 bits per heavy atom. The molecule has 0 N–H and O–H groups in total. The molecule has 0 nitrogen and oxygen atoms in total. The van der Waals surface area contributed by atoms with Crippen LogP contribution in [0.5, 0.6) is 0 Å². The topological polar surface area (TPSA) is 0 Å². The molecule has 0 bridgehead atoms. The molecule has 0 saturated heterocycles. The predicted molar refractivity (Wildman–Crippen MR) is 15.6 cm³/mol. The molecule has 0 aliphatic heterocycles. The summed E-state index contributed by atoms with van der Waals surface area (Å²) in [5.74, 6) is 0. The van der Waals surface area contributed by atoms with Gasteiger partial charge in [-0.15, -0.1) is 0 Å². The summed E-state index contributed by atoms with van der Waals surface area (Å²) >= 11 is 0. The van der Waals surface area contributed by atoms with E-state index < -0.39 is 0 Å². The molecule has 0 radical (unpaired) electrons. The summed E-state index contributed by atoms with van der Waals surface area (Å²) in [4.78, 5) is 0. The smallest absolute Gasteiger partial charge is 0 e. The average molecular weight is 1230 g/mol. The summed E-state index contributed by atoms with van der Waals surface area (Å²) in [6.07, 6.45) is 1.00. The van der Waals surface area contributed by atoms with Gasteiger partial charge in [0, 0.05) is 156 Å². The van der Waals surface area contributed by atoms with Gasteiger partial charge in [-0.1, -0.05) is 6.92 Å². The van der Waals surface area contributed by atoms with Crippen LogP contribution in [0.1, 0.15) is 13.3 Å². The summed E-state index contributed by atoms with van der Waals surface area (Å²) in [5.41, 5.74) is 0. The number of hydrogen-bond donors (Lipinski definition) is 0. The molecule has 0 amide bonds. The normalized spacial score (nSPS) is 2.25. The fourth-order valence-electron chi connectivity index (χ4n) is 0. The van der Waals surface area contributed by atoms with E-state index in [2.05, 4.69) is 6.92 Å². The van der Waals surface area contributed by atoms with Gasteiger partial charge in [-0.2, -0.15) is 6.42 Å². The fourth-order valence-corrected chi connectivity index (χ4v) is 0. The van der Waals surface area contributed by atoms with E-state index in [9.17, 15) is 0 Å². The third-order valence-corrected chi connectivity index (χ3v) is 0. The first-order valence-corrected chi connectivity index (χ1v) is 1.21. The van der Waals surface area contributed by atoms with Gasteiger partial charge in [0.15, 0.2) is 0 Å². The molecule has 0 aromatic carbocycles. The zero-order valence-electron chi connectivity index (χ0n) is 4.91. The molecule has 0 aromatic heterocycles. The molecule has 0 fully saturated rings. The summed E-state index contributed by atoms with van der Waals surface area (Å²) < 4.78 is 0. The van der Waals surface area contributed by atoms with Crippen LogP contribution in [0.15, 0.2) is 0 Å². The monoisotopic (exact) mass is 1230 g/mol. The van der Waals surface area contributed by atoms with Crippen LogP contribution in [-0.4, -0.2) is 0 Å². The fraction of sp³-hybridized carbons (Fsp3) is 0.667. The first-order valence-electron chi connectivity index (χ1n) is 1.21. The van der Waals surface area contributed by atoms with E-state index in [4.69, 9.17) is 0 Å². The molecule has 0 unspecified atom stereocenters. The van der Waals surface area contributed by atoms with Crippen molar-refractivity contribution in [2.75, 3.05) is 0 Å². The molecule has 0 aromatic rings. The van der Waals surface area contributed by atoms with Crippen molar-refractivity contribution in [1.82, 2.24) is 0 Å². The largest absolute Gasteiger partial charge is 0.344 e. The Morgan fingerprint density at radius 3 is 0.875 bits per heavy atom. The average Bonchev–Trinajstić information content (AvgIpc) is 0.918. The first kappa shape index (κ1) is 37.8. The van der Waals surface area contributed by atoms with Crippen LogP contribution in [0.4, 0.5) is 0 Å². The van der Waals surface area contributed by atoms with Crippen molar-refractivity contribution in [3.05, 3.63) is 6.92 Å². The van der Waals surface area contributed by atoms with Crippen LogP contribution in [0, 0.1) is 162 Å². The maximum Gasteiger partial charge on any atom is 0 e. The Labute approximate surface area is 171 Å². The van der Waals surface area contributed by atoms with Crippen LogP contribution in [0.3, 0.4) is 0 Å². The van der Waals surface area contributed by atoms with Crippen LogP contribution < -0.4 is 0 Å². The molecule has 40 valence electrons. The number of rotatable bonds is 0. The summed E-state index contributed by atoms with van der Waals surface area (Å²) in [7, 11) is 0. The molecule has 0 aliphatic carbocycles. The van der Waals surface area contributed by atoms with Crippen molar-refractivity contribution in [3.8, 4) is 0 Å². The van der Waals surface area contributed by atoms with E-state index in [-0.39, 0.29) is 156 Å². The van der Waals surface area contributed by atoms with Gasteiger partial charge in [0.05, 0.1) is 0 Å². The van der Waals surface area contributed by atoms with E-state index in [1.165, 1.54) is 0 Å². The minimum absolute atomic E-state index is 0. The third kappa shape index (κ3) is 42.8. The second-order valence-corrected chi connectivity index (χ2v) is 0.500. The predicted octanol–water partition coefficient (Wildman–Crippen LogP) is 1.23.